The summed E-state index contributed by atoms with van der Waals surface area (Å²) in [6, 6.07) is 20.8. The van der Waals surface area contributed by atoms with E-state index in [-0.39, 0.29) is 24.8 Å². The van der Waals surface area contributed by atoms with Crippen molar-refractivity contribution in [2.24, 2.45) is 0 Å². The van der Waals surface area contributed by atoms with Crippen LogP contribution in [0.15, 0.2) is 84.3 Å². The van der Waals surface area contributed by atoms with Gasteiger partial charge in [-0.25, -0.2) is 0 Å². The summed E-state index contributed by atoms with van der Waals surface area (Å²) in [4.78, 5) is 31.0. The molecule has 8 nitrogen and oxygen atoms in total. The fraction of sp³-hybridized carbons (Fsp3) is 0.192. The number of amides is 1. The fourth-order valence-corrected chi connectivity index (χ4v) is 4.28. The normalized spacial score (nSPS) is 10.7. The van der Waals surface area contributed by atoms with Crippen molar-refractivity contribution in [1.29, 1.82) is 0 Å². The van der Waals surface area contributed by atoms with Crippen LogP contribution < -0.4 is 4.90 Å². The van der Waals surface area contributed by atoms with Crippen molar-refractivity contribution in [2.75, 3.05) is 23.8 Å². The third-order valence-electron chi connectivity index (χ3n) is 5.15. The highest BCUT2D eigenvalue weighted by atomic mass is 32.2. The van der Waals surface area contributed by atoms with Crippen LogP contribution >= 0.6 is 11.8 Å². The molecule has 0 fully saturated rings. The molecule has 2 aromatic carbocycles. The Balaban J connectivity index is 1.61. The number of aryl methyl sites for hydroxylation is 1. The number of aromatic nitrogens is 4. The van der Waals surface area contributed by atoms with Crippen LogP contribution in [-0.4, -0.2) is 50.5 Å². The van der Waals surface area contributed by atoms with Gasteiger partial charge in [0.1, 0.15) is 6.54 Å². The third-order valence-corrected chi connectivity index (χ3v) is 6.06. The number of pyridine rings is 1. The second-order valence-electron chi connectivity index (χ2n) is 7.62. The van der Waals surface area contributed by atoms with Crippen molar-refractivity contribution in [3.8, 4) is 17.1 Å². The predicted molar refractivity (Wildman–Crippen MR) is 135 cm³/mol. The van der Waals surface area contributed by atoms with Gasteiger partial charge in [0.25, 0.3) is 0 Å². The Morgan fingerprint density at radius 2 is 1.69 bits per heavy atom. The zero-order valence-electron chi connectivity index (χ0n) is 19.5. The highest BCUT2D eigenvalue weighted by Crippen LogP contribution is 2.28. The fourth-order valence-electron chi connectivity index (χ4n) is 3.45. The second-order valence-corrected chi connectivity index (χ2v) is 8.56. The van der Waals surface area contributed by atoms with Gasteiger partial charge in [-0.15, -0.1) is 10.2 Å². The average molecular weight is 488 g/mol. The molecule has 178 valence electrons. The number of carbonyl (C=O) groups excluding carboxylic acids is 2. The van der Waals surface area contributed by atoms with Gasteiger partial charge in [0.2, 0.25) is 5.91 Å². The molecule has 0 radical (unpaired) electrons. The van der Waals surface area contributed by atoms with E-state index in [2.05, 4.69) is 15.2 Å². The third kappa shape index (κ3) is 5.93. The van der Waals surface area contributed by atoms with Crippen LogP contribution in [0, 0.1) is 6.92 Å². The Labute approximate surface area is 208 Å². The maximum atomic E-state index is 13.3. The monoisotopic (exact) mass is 487 g/mol. The zero-order chi connectivity index (χ0) is 24.6. The molecule has 35 heavy (non-hydrogen) atoms. The second kappa shape index (κ2) is 11.4. The van der Waals surface area contributed by atoms with Crippen molar-refractivity contribution in [3.63, 3.8) is 0 Å². The molecule has 4 aromatic rings. The molecule has 2 heterocycles. The lowest BCUT2D eigenvalue weighted by Crippen LogP contribution is -2.37. The first-order valence-electron chi connectivity index (χ1n) is 11.1. The first-order chi connectivity index (χ1) is 17.1. The van der Waals surface area contributed by atoms with Crippen molar-refractivity contribution in [1.82, 2.24) is 19.7 Å². The van der Waals surface area contributed by atoms with Crippen LogP contribution in [0.4, 0.5) is 5.69 Å². The zero-order valence-corrected chi connectivity index (χ0v) is 20.3. The van der Waals surface area contributed by atoms with E-state index in [9.17, 15) is 9.59 Å². The lowest BCUT2D eigenvalue weighted by Gasteiger charge is -2.21. The summed E-state index contributed by atoms with van der Waals surface area (Å²) in [5.41, 5.74) is 3.51. The lowest BCUT2D eigenvalue weighted by molar-refractivity contribution is -0.142. The van der Waals surface area contributed by atoms with Gasteiger partial charge in [0.15, 0.2) is 11.0 Å². The molecule has 0 spiro atoms. The Morgan fingerprint density at radius 1 is 0.971 bits per heavy atom. The number of hydrogen-bond donors (Lipinski definition) is 0. The van der Waals surface area contributed by atoms with Gasteiger partial charge in [-0.1, -0.05) is 47.7 Å². The van der Waals surface area contributed by atoms with Gasteiger partial charge in [-0.2, -0.15) is 0 Å². The van der Waals surface area contributed by atoms with Crippen LogP contribution in [0.2, 0.25) is 0 Å². The van der Waals surface area contributed by atoms with Crippen LogP contribution in [0.25, 0.3) is 17.1 Å². The smallest absolute Gasteiger partial charge is 0.326 e. The van der Waals surface area contributed by atoms with Gasteiger partial charge < -0.3 is 9.64 Å². The molecule has 0 saturated carbocycles. The number of para-hydroxylation sites is 1. The van der Waals surface area contributed by atoms with Gasteiger partial charge in [0, 0.05) is 29.3 Å². The molecule has 0 aliphatic heterocycles. The van der Waals surface area contributed by atoms with Crippen LogP contribution in [0.1, 0.15) is 12.5 Å². The molecule has 0 unspecified atom stereocenters. The molecule has 2 aromatic heterocycles. The van der Waals surface area contributed by atoms with Crippen molar-refractivity contribution >= 4 is 29.3 Å². The Kier molecular flexibility index (Phi) is 7.89. The predicted octanol–water partition coefficient (Wildman–Crippen LogP) is 4.33. The van der Waals surface area contributed by atoms with E-state index >= 15 is 0 Å². The maximum Gasteiger partial charge on any atom is 0.326 e. The molecule has 0 saturated heterocycles. The number of carbonyl (C=O) groups is 2. The van der Waals surface area contributed by atoms with Crippen molar-refractivity contribution in [2.45, 2.75) is 19.0 Å². The number of esters is 1. The molecular formula is C26H25N5O3S. The Hall–Kier alpha value is -3.98. The summed E-state index contributed by atoms with van der Waals surface area (Å²) in [6.07, 6.45) is 3.40. The molecule has 0 atom stereocenters. The molecule has 1 amide bonds. The first kappa shape index (κ1) is 24.2. The van der Waals surface area contributed by atoms with Crippen molar-refractivity contribution < 1.29 is 14.3 Å². The quantitative estimate of drug-likeness (QED) is 0.256. The van der Waals surface area contributed by atoms with Crippen molar-refractivity contribution in [3.05, 3.63) is 84.7 Å². The van der Waals surface area contributed by atoms with E-state index in [1.165, 1.54) is 16.7 Å². The molecule has 0 N–H and O–H groups in total. The van der Waals surface area contributed by atoms with E-state index in [1.54, 1.807) is 31.5 Å². The molecule has 0 aliphatic rings. The lowest BCUT2D eigenvalue weighted by atomic mass is 10.2. The number of anilines is 1. The van der Waals surface area contributed by atoms with Gasteiger partial charge in [0.05, 0.1) is 12.4 Å². The topological polar surface area (TPSA) is 90.2 Å². The van der Waals surface area contributed by atoms with Crippen LogP contribution in [0.5, 0.6) is 0 Å². The number of nitrogens with zero attached hydrogens (tertiary/aromatic N) is 5. The average Bonchev–Trinajstić information content (AvgIpc) is 3.31. The van der Waals surface area contributed by atoms with Gasteiger partial charge in [-0.3, -0.25) is 19.1 Å². The number of rotatable bonds is 9. The Morgan fingerprint density at radius 3 is 2.37 bits per heavy atom. The summed E-state index contributed by atoms with van der Waals surface area (Å²) in [5, 5.41) is 9.35. The summed E-state index contributed by atoms with van der Waals surface area (Å²) in [5.74, 6) is 0.0163. The minimum Gasteiger partial charge on any atom is -0.465 e. The molecule has 0 bridgehead atoms. The highest BCUT2D eigenvalue weighted by molar-refractivity contribution is 7.99. The van der Waals surface area contributed by atoms with E-state index in [4.69, 9.17) is 4.74 Å². The summed E-state index contributed by atoms with van der Waals surface area (Å²) >= 11 is 1.26. The first-order valence-corrected chi connectivity index (χ1v) is 12.1. The van der Waals surface area contributed by atoms with E-state index in [0.717, 1.165) is 16.8 Å². The summed E-state index contributed by atoms with van der Waals surface area (Å²) in [6.45, 7) is 3.85. The van der Waals surface area contributed by atoms with E-state index in [0.29, 0.717) is 16.7 Å². The van der Waals surface area contributed by atoms with Gasteiger partial charge in [-0.05, 0) is 50.2 Å². The molecule has 4 rings (SSSR count). The van der Waals surface area contributed by atoms with Crippen LogP contribution in [-0.2, 0) is 14.3 Å². The minimum absolute atomic E-state index is 0.0641. The summed E-state index contributed by atoms with van der Waals surface area (Å²) in [7, 11) is 0. The standard InChI is InChI=1S/C26H25N5O3S/c1-3-34-24(33)17-30(21-7-5-4-6-8-21)23(32)18-35-26-29-28-25(20-13-15-27-16-14-20)31(26)22-11-9-19(2)10-12-22/h4-16H,3,17-18H2,1-2H3. The number of thioether (sulfide) groups is 1. The largest absolute Gasteiger partial charge is 0.465 e. The molecule has 0 aliphatic carbocycles. The molecular weight excluding hydrogens is 462 g/mol. The SMILES string of the molecule is CCOC(=O)CN(C(=O)CSc1nnc(-c2ccncc2)n1-c1ccc(C)cc1)c1ccccc1. The minimum atomic E-state index is -0.461. The van der Waals surface area contributed by atoms with E-state index < -0.39 is 5.97 Å². The van der Waals surface area contributed by atoms with E-state index in [1.807, 2.05) is 66.1 Å². The van der Waals surface area contributed by atoms with Gasteiger partial charge >= 0.3 is 5.97 Å². The number of benzene rings is 2. The van der Waals surface area contributed by atoms with Crippen LogP contribution in [0.3, 0.4) is 0 Å². The summed E-state index contributed by atoms with van der Waals surface area (Å²) < 4.78 is 7.00. The number of hydrogen-bond acceptors (Lipinski definition) is 7. The Bertz CT molecular complexity index is 1280. The number of ether oxygens (including phenoxy) is 1. The maximum absolute atomic E-state index is 13.3. The highest BCUT2D eigenvalue weighted by Gasteiger charge is 2.22. The molecule has 9 heteroatoms.